The van der Waals surface area contributed by atoms with Crippen LogP contribution in [0.25, 0.3) is 10.9 Å². The van der Waals surface area contributed by atoms with Crippen LogP contribution in [-0.2, 0) is 11.3 Å². The van der Waals surface area contributed by atoms with Crippen molar-refractivity contribution >= 4 is 28.6 Å². The van der Waals surface area contributed by atoms with E-state index in [0.717, 1.165) is 22.0 Å². The molecular weight excluding hydrogens is 388 g/mol. The number of para-hydroxylation sites is 1. The highest BCUT2D eigenvalue weighted by Gasteiger charge is 2.34. The molecule has 4 rings (SSSR count). The maximum absolute atomic E-state index is 12.7. The average molecular weight is 410 g/mol. The normalized spacial score (nSPS) is 16.3. The van der Waals surface area contributed by atoms with E-state index >= 15 is 0 Å². The van der Waals surface area contributed by atoms with Crippen molar-refractivity contribution in [3.8, 4) is 17.2 Å². The molecule has 0 radical (unpaired) electrons. The molecule has 1 fully saturated rings. The lowest BCUT2D eigenvalue weighted by Crippen LogP contribution is -2.27. The molecule has 1 unspecified atom stereocenters. The molecule has 0 aliphatic carbocycles. The summed E-state index contributed by atoms with van der Waals surface area (Å²) in [5.41, 5.74) is 2.94. The molecule has 0 N–H and O–H groups in total. The average Bonchev–Trinajstić information content (AvgIpc) is 3.12. The number of benzene rings is 2. The number of thioether (sulfide) groups is 1. The Labute approximate surface area is 173 Å². The molecule has 1 aliphatic heterocycles. The number of nitrogens with zero attached hydrogens (tertiary/aromatic N) is 2. The van der Waals surface area contributed by atoms with E-state index in [1.807, 2.05) is 41.3 Å². The second-order valence-corrected chi connectivity index (χ2v) is 7.70. The van der Waals surface area contributed by atoms with E-state index in [1.165, 1.54) is 0 Å². The highest BCUT2D eigenvalue weighted by Crippen LogP contribution is 2.43. The smallest absolute Gasteiger partial charge is 0.234 e. The molecule has 29 heavy (non-hydrogen) atoms. The van der Waals surface area contributed by atoms with Gasteiger partial charge in [-0.2, -0.15) is 0 Å². The van der Waals surface area contributed by atoms with Crippen molar-refractivity contribution in [2.24, 2.45) is 0 Å². The maximum Gasteiger partial charge on any atom is 0.234 e. The molecule has 6 nitrogen and oxygen atoms in total. The van der Waals surface area contributed by atoms with Crippen LogP contribution in [0.4, 0.5) is 0 Å². The summed E-state index contributed by atoms with van der Waals surface area (Å²) in [5, 5.41) is 0.992. The summed E-state index contributed by atoms with van der Waals surface area (Å²) in [6.45, 7) is 0.448. The van der Waals surface area contributed by atoms with Crippen molar-refractivity contribution in [1.82, 2.24) is 9.88 Å². The van der Waals surface area contributed by atoms with Crippen LogP contribution in [0.1, 0.15) is 16.5 Å². The predicted molar refractivity (Wildman–Crippen MR) is 114 cm³/mol. The van der Waals surface area contributed by atoms with Gasteiger partial charge in [0.15, 0.2) is 11.5 Å². The fraction of sp³-hybridized carbons (Fsp3) is 0.273. The SMILES string of the molecule is COc1cc(CN2C(=O)CSC2c2ccnc3ccccc23)cc(OC)c1OC. The van der Waals surface area contributed by atoms with Crippen molar-refractivity contribution in [3.63, 3.8) is 0 Å². The Hall–Kier alpha value is -2.93. The summed E-state index contributed by atoms with van der Waals surface area (Å²) in [6.07, 6.45) is 1.80. The van der Waals surface area contributed by atoms with Crippen LogP contribution in [0.15, 0.2) is 48.7 Å². The van der Waals surface area contributed by atoms with E-state index in [4.69, 9.17) is 14.2 Å². The van der Waals surface area contributed by atoms with E-state index in [-0.39, 0.29) is 11.3 Å². The number of hydrogen-bond donors (Lipinski definition) is 0. The molecule has 1 saturated heterocycles. The fourth-order valence-electron chi connectivity index (χ4n) is 3.64. The zero-order valence-electron chi connectivity index (χ0n) is 16.5. The number of hydrogen-bond acceptors (Lipinski definition) is 6. The van der Waals surface area contributed by atoms with Gasteiger partial charge >= 0.3 is 0 Å². The zero-order valence-corrected chi connectivity index (χ0v) is 17.4. The van der Waals surface area contributed by atoms with Crippen molar-refractivity contribution in [2.45, 2.75) is 11.9 Å². The quantitative estimate of drug-likeness (QED) is 0.611. The van der Waals surface area contributed by atoms with Crippen molar-refractivity contribution in [2.75, 3.05) is 27.1 Å². The third-order valence-electron chi connectivity index (χ3n) is 4.99. The monoisotopic (exact) mass is 410 g/mol. The Balaban J connectivity index is 1.71. The van der Waals surface area contributed by atoms with E-state index < -0.39 is 0 Å². The Kier molecular flexibility index (Phi) is 5.49. The molecule has 7 heteroatoms. The van der Waals surface area contributed by atoms with Crippen LogP contribution >= 0.6 is 11.8 Å². The zero-order chi connectivity index (χ0) is 20.4. The maximum atomic E-state index is 12.7. The first-order chi connectivity index (χ1) is 14.2. The van der Waals surface area contributed by atoms with Gasteiger partial charge in [0, 0.05) is 18.1 Å². The number of ether oxygens (including phenoxy) is 3. The lowest BCUT2D eigenvalue weighted by atomic mass is 10.1. The van der Waals surface area contributed by atoms with Crippen LogP contribution < -0.4 is 14.2 Å². The summed E-state index contributed by atoms with van der Waals surface area (Å²) >= 11 is 1.63. The molecule has 150 valence electrons. The topological polar surface area (TPSA) is 60.9 Å². The van der Waals surface area contributed by atoms with E-state index in [2.05, 4.69) is 11.1 Å². The van der Waals surface area contributed by atoms with Gasteiger partial charge in [-0.3, -0.25) is 9.78 Å². The highest BCUT2D eigenvalue weighted by atomic mass is 32.2. The Morgan fingerprint density at radius 2 is 1.79 bits per heavy atom. The number of fused-ring (bicyclic) bond motifs is 1. The van der Waals surface area contributed by atoms with Gasteiger partial charge in [-0.05, 0) is 35.4 Å². The first kappa shape index (κ1) is 19.4. The lowest BCUT2D eigenvalue weighted by molar-refractivity contribution is -0.128. The summed E-state index contributed by atoms with van der Waals surface area (Å²) in [5.74, 6) is 2.25. The summed E-state index contributed by atoms with van der Waals surface area (Å²) in [4.78, 5) is 19.1. The number of carbonyl (C=O) groups is 1. The molecule has 2 heterocycles. The number of aromatic nitrogens is 1. The van der Waals surface area contributed by atoms with Crippen LogP contribution in [0, 0.1) is 0 Å². The van der Waals surface area contributed by atoms with Crippen LogP contribution in [-0.4, -0.2) is 42.9 Å². The molecule has 1 aliphatic rings. The number of amides is 1. The fourth-order valence-corrected chi connectivity index (χ4v) is 4.86. The van der Waals surface area contributed by atoms with E-state index in [0.29, 0.717) is 29.5 Å². The van der Waals surface area contributed by atoms with Gasteiger partial charge in [-0.25, -0.2) is 0 Å². The van der Waals surface area contributed by atoms with Crippen LogP contribution in [0.3, 0.4) is 0 Å². The van der Waals surface area contributed by atoms with Gasteiger partial charge < -0.3 is 19.1 Å². The van der Waals surface area contributed by atoms with E-state index in [9.17, 15) is 4.79 Å². The second-order valence-electron chi connectivity index (χ2n) is 6.64. The lowest BCUT2D eigenvalue weighted by Gasteiger charge is -2.26. The first-order valence-corrected chi connectivity index (χ1v) is 10.2. The summed E-state index contributed by atoms with van der Waals surface area (Å²) < 4.78 is 16.3. The van der Waals surface area contributed by atoms with Crippen LogP contribution in [0.2, 0.25) is 0 Å². The minimum Gasteiger partial charge on any atom is -0.493 e. The molecule has 3 aromatic rings. The first-order valence-electron chi connectivity index (χ1n) is 9.20. The van der Waals surface area contributed by atoms with Crippen LogP contribution in [0.5, 0.6) is 17.2 Å². The third kappa shape index (κ3) is 3.58. The summed E-state index contributed by atoms with van der Waals surface area (Å²) in [6, 6.07) is 13.8. The molecule has 0 saturated carbocycles. The number of pyridine rings is 1. The van der Waals surface area contributed by atoms with Gasteiger partial charge in [0.2, 0.25) is 11.7 Å². The Morgan fingerprint density at radius 3 is 2.48 bits per heavy atom. The van der Waals surface area contributed by atoms with Gasteiger partial charge in [0.25, 0.3) is 0 Å². The number of methoxy groups -OCH3 is 3. The largest absolute Gasteiger partial charge is 0.493 e. The van der Waals surface area contributed by atoms with Gasteiger partial charge in [0.1, 0.15) is 5.37 Å². The number of rotatable bonds is 6. The van der Waals surface area contributed by atoms with Crippen molar-refractivity contribution in [3.05, 3.63) is 59.8 Å². The standard InChI is InChI=1S/C22H22N2O4S/c1-26-18-10-14(11-19(27-2)21(18)28-3)12-24-20(25)13-29-22(24)16-8-9-23-17-7-5-4-6-15(16)17/h4-11,22H,12-13H2,1-3H3. The molecular formula is C22H22N2O4S. The molecule has 0 spiro atoms. The molecule has 2 aromatic carbocycles. The second kappa shape index (κ2) is 8.21. The summed E-state index contributed by atoms with van der Waals surface area (Å²) in [7, 11) is 4.75. The van der Waals surface area contributed by atoms with Crippen molar-refractivity contribution < 1.29 is 19.0 Å². The molecule has 1 amide bonds. The third-order valence-corrected chi connectivity index (χ3v) is 6.23. The minimum absolute atomic E-state index is 0.0745. The van der Waals surface area contributed by atoms with Gasteiger partial charge in [-0.15, -0.1) is 11.8 Å². The van der Waals surface area contributed by atoms with Crippen molar-refractivity contribution in [1.29, 1.82) is 0 Å². The predicted octanol–water partition coefficient (Wildman–Crippen LogP) is 4.03. The minimum atomic E-state index is -0.0745. The molecule has 1 aromatic heterocycles. The molecule has 1 atom stereocenters. The van der Waals surface area contributed by atoms with Gasteiger partial charge in [0.05, 0.1) is 32.6 Å². The number of carbonyl (C=O) groups excluding carboxylic acids is 1. The van der Waals surface area contributed by atoms with Gasteiger partial charge in [-0.1, -0.05) is 18.2 Å². The Morgan fingerprint density at radius 1 is 1.07 bits per heavy atom. The van der Waals surface area contributed by atoms with E-state index in [1.54, 1.807) is 39.3 Å². The molecule has 0 bridgehead atoms. The highest BCUT2D eigenvalue weighted by molar-refractivity contribution is 8.00. The Bertz CT molecular complexity index is 1030.